The summed E-state index contributed by atoms with van der Waals surface area (Å²) in [5.74, 6) is 0. The molecule has 0 aliphatic heterocycles. The molecule has 0 aliphatic rings. The summed E-state index contributed by atoms with van der Waals surface area (Å²) in [4.78, 5) is 0. The molecule has 0 radical (unpaired) electrons. The number of rotatable bonds is 1. The van der Waals surface area contributed by atoms with Crippen molar-refractivity contribution < 1.29 is 0 Å². The smallest absolute Gasteiger partial charge is 0.00981 e. The highest BCUT2D eigenvalue weighted by atomic mass is 13.7. The Bertz CT molecular complexity index is 132. The van der Waals surface area contributed by atoms with Gasteiger partial charge in [0.05, 0.1) is 0 Å². The van der Waals surface area contributed by atoms with E-state index in [0.717, 1.165) is 0 Å². The molecule has 0 rings (SSSR count). The molecule has 0 nitrogen and oxygen atoms in total. The van der Waals surface area contributed by atoms with E-state index in [-0.39, 0.29) is 0 Å². The molecule has 0 spiro atoms. The lowest BCUT2D eigenvalue weighted by molar-refractivity contribution is 1.51. The van der Waals surface area contributed by atoms with Crippen LogP contribution in [0, 0.1) is 0 Å². The van der Waals surface area contributed by atoms with E-state index in [2.05, 4.69) is 5.73 Å². The van der Waals surface area contributed by atoms with Gasteiger partial charge in [0.2, 0.25) is 0 Å². The second kappa shape index (κ2) is 4.42. The van der Waals surface area contributed by atoms with E-state index < -0.39 is 0 Å². The molecule has 0 aromatic carbocycles. The van der Waals surface area contributed by atoms with Crippen molar-refractivity contribution in [2.24, 2.45) is 0 Å². The number of hydrogen-bond donors (Lipinski definition) is 0. The second-order valence-electron chi connectivity index (χ2n) is 1.62. The Kier molecular flexibility index (Phi) is 4.01. The predicted molar refractivity (Wildman–Crippen MR) is 37.8 cm³/mol. The fraction of sp³-hybridized carbons (Fsp3) is 0.375. The van der Waals surface area contributed by atoms with E-state index in [4.69, 9.17) is 0 Å². The molecule has 0 aromatic rings. The minimum atomic E-state index is 1.18. The zero-order valence-corrected chi connectivity index (χ0v) is 5.73. The van der Waals surface area contributed by atoms with Crippen LogP contribution in [0.25, 0.3) is 0 Å². The van der Waals surface area contributed by atoms with Gasteiger partial charge >= 0.3 is 0 Å². The molecule has 0 bridgehead atoms. The minimum absolute atomic E-state index is 1.18. The van der Waals surface area contributed by atoms with Crippen LogP contribution in [0.5, 0.6) is 0 Å². The number of allylic oxidation sites excluding steroid dienone is 3. The first-order valence-corrected chi connectivity index (χ1v) is 2.82. The van der Waals surface area contributed by atoms with Crippen molar-refractivity contribution in [3.63, 3.8) is 0 Å². The average molecular weight is 108 g/mol. The Morgan fingerprint density at radius 1 is 1.38 bits per heavy atom. The van der Waals surface area contributed by atoms with Crippen molar-refractivity contribution >= 4 is 0 Å². The molecule has 0 aliphatic carbocycles. The maximum atomic E-state index is 3.05. The number of hydrogen-bond acceptors (Lipinski definition) is 0. The molecule has 0 atom stereocenters. The van der Waals surface area contributed by atoms with Crippen molar-refractivity contribution in [2.45, 2.75) is 20.8 Å². The third kappa shape index (κ3) is 3.45. The first kappa shape index (κ1) is 7.26. The summed E-state index contributed by atoms with van der Waals surface area (Å²) in [5.41, 5.74) is 4.23. The predicted octanol–water partition coefficient (Wildman–Crippen LogP) is 2.68. The maximum absolute atomic E-state index is 3.05. The van der Waals surface area contributed by atoms with Crippen molar-refractivity contribution in [1.82, 2.24) is 0 Å². The van der Waals surface area contributed by atoms with Crippen LogP contribution in [-0.2, 0) is 0 Å². The summed E-state index contributed by atoms with van der Waals surface area (Å²) >= 11 is 0. The molecular formula is C8H12. The van der Waals surface area contributed by atoms with Crippen LogP contribution >= 0.6 is 0 Å². The fourth-order valence-electron chi connectivity index (χ4n) is 0.526. The summed E-state index contributed by atoms with van der Waals surface area (Å²) < 4.78 is 0. The molecule has 44 valence electrons. The van der Waals surface area contributed by atoms with Gasteiger partial charge in [-0.05, 0) is 32.4 Å². The Balaban J connectivity index is 4.01. The van der Waals surface area contributed by atoms with Gasteiger partial charge in [0.15, 0.2) is 0 Å². The van der Waals surface area contributed by atoms with Gasteiger partial charge in [-0.2, -0.15) is 0 Å². The topological polar surface area (TPSA) is 0 Å². The van der Waals surface area contributed by atoms with Crippen molar-refractivity contribution in [1.29, 1.82) is 0 Å². The quantitative estimate of drug-likeness (QED) is 0.358. The van der Waals surface area contributed by atoms with Crippen LogP contribution in [0.4, 0.5) is 0 Å². The van der Waals surface area contributed by atoms with E-state index in [1.807, 2.05) is 39.0 Å². The summed E-state index contributed by atoms with van der Waals surface area (Å²) in [5, 5.41) is 0. The van der Waals surface area contributed by atoms with Crippen LogP contribution < -0.4 is 0 Å². The Morgan fingerprint density at radius 3 is 2.38 bits per heavy atom. The molecule has 0 aromatic heterocycles. The van der Waals surface area contributed by atoms with E-state index >= 15 is 0 Å². The monoisotopic (exact) mass is 108 g/mol. The van der Waals surface area contributed by atoms with E-state index in [9.17, 15) is 0 Å². The van der Waals surface area contributed by atoms with Crippen LogP contribution in [-0.4, -0.2) is 0 Å². The summed E-state index contributed by atoms with van der Waals surface area (Å²) in [6.07, 6.45) is 5.95. The van der Waals surface area contributed by atoms with Crippen molar-refractivity contribution in [3.05, 3.63) is 29.5 Å². The summed E-state index contributed by atoms with van der Waals surface area (Å²) in [6.45, 7) is 5.99. The highest BCUT2D eigenvalue weighted by Gasteiger charge is 1.69. The first-order chi connectivity index (χ1) is 3.81. The van der Waals surface area contributed by atoms with Crippen molar-refractivity contribution in [2.75, 3.05) is 0 Å². The van der Waals surface area contributed by atoms with Crippen LogP contribution in [0.2, 0.25) is 0 Å². The Morgan fingerprint density at radius 2 is 2.00 bits per heavy atom. The van der Waals surface area contributed by atoms with E-state index in [1.54, 1.807) is 0 Å². The highest BCUT2D eigenvalue weighted by molar-refractivity contribution is 5.13. The molecule has 0 N–H and O–H groups in total. The molecule has 0 saturated carbocycles. The van der Waals surface area contributed by atoms with Gasteiger partial charge in [0.25, 0.3) is 0 Å². The highest BCUT2D eigenvalue weighted by Crippen LogP contribution is 1.89. The molecule has 8 heavy (non-hydrogen) atoms. The summed E-state index contributed by atoms with van der Waals surface area (Å²) in [7, 11) is 0. The molecule has 0 heteroatoms. The zero-order valence-electron chi connectivity index (χ0n) is 5.73. The van der Waals surface area contributed by atoms with Crippen LogP contribution in [0.15, 0.2) is 29.5 Å². The fourth-order valence-corrected chi connectivity index (χ4v) is 0.526. The van der Waals surface area contributed by atoms with Gasteiger partial charge in [-0.3, -0.25) is 0 Å². The SMILES string of the molecule is CC=C=C(C)/C=C\C. The lowest BCUT2D eigenvalue weighted by atomic mass is 10.3. The molecule has 0 amide bonds. The van der Waals surface area contributed by atoms with E-state index in [1.165, 1.54) is 5.57 Å². The Hall–Kier alpha value is -0.740. The molecule has 0 fully saturated rings. The summed E-state index contributed by atoms with van der Waals surface area (Å²) in [6, 6.07) is 0. The lowest BCUT2D eigenvalue weighted by Crippen LogP contribution is -1.58. The molecule has 0 saturated heterocycles. The van der Waals surface area contributed by atoms with Gasteiger partial charge in [-0.1, -0.05) is 12.2 Å². The third-order valence-corrected chi connectivity index (χ3v) is 0.789. The minimum Gasteiger partial charge on any atom is -0.122 e. The largest absolute Gasteiger partial charge is 0.122 e. The molecule has 0 heterocycles. The molecular weight excluding hydrogens is 96.1 g/mol. The second-order valence-corrected chi connectivity index (χ2v) is 1.62. The van der Waals surface area contributed by atoms with Gasteiger partial charge in [0.1, 0.15) is 0 Å². The zero-order chi connectivity index (χ0) is 6.41. The van der Waals surface area contributed by atoms with Gasteiger partial charge < -0.3 is 0 Å². The lowest BCUT2D eigenvalue weighted by Gasteiger charge is -1.78. The molecule has 0 unspecified atom stereocenters. The standard InChI is InChI=1S/C8H12/c1-4-6-8(3)7-5-2/h4-6H,1-3H3/b6-4-. The van der Waals surface area contributed by atoms with Gasteiger partial charge in [0, 0.05) is 0 Å². The van der Waals surface area contributed by atoms with Gasteiger partial charge in [-0.15, -0.1) is 5.73 Å². The van der Waals surface area contributed by atoms with E-state index in [0.29, 0.717) is 0 Å². The third-order valence-electron chi connectivity index (χ3n) is 0.789. The van der Waals surface area contributed by atoms with Gasteiger partial charge in [-0.25, -0.2) is 0 Å². The van der Waals surface area contributed by atoms with Crippen molar-refractivity contribution in [3.8, 4) is 0 Å². The average Bonchev–Trinajstić information content (AvgIpc) is 1.68. The first-order valence-electron chi connectivity index (χ1n) is 2.82. The maximum Gasteiger partial charge on any atom is -0.00981 e. The Labute approximate surface area is 51.2 Å². The van der Waals surface area contributed by atoms with Crippen LogP contribution in [0.3, 0.4) is 0 Å². The normalized spacial score (nSPS) is 8.88. The van der Waals surface area contributed by atoms with Crippen LogP contribution in [0.1, 0.15) is 20.8 Å².